The van der Waals surface area contributed by atoms with Gasteiger partial charge in [0, 0.05) is 4.88 Å². The second-order valence-corrected chi connectivity index (χ2v) is 8.39. The van der Waals surface area contributed by atoms with Crippen LogP contribution in [0.1, 0.15) is 49.1 Å². The van der Waals surface area contributed by atoms with Gasteiger partial charge in [0.25, 0.3) is 0 Å². The summed E-state index contributed by atoms with van der Waals surface area (Å²) in [6, 6.07) is 2.18. The predicted octanol–water partition coefficient (Wildman–Crippen LogP) is 3.29. The molecule has 0 aromatic carbocycles. The third kappa shape index (κ3) is 3.33. The van der Waals surface area contributed by atoms with Gasteiger partial charge in [-0.2, -0.15) is 5.26 Å². The number of sulfonamides is 1. The highest BCUT2D eigenvalue weighted by molar-refractivity contribution is 7.92. The molecule has 0 amide bonds. The van der Waals surface area contributed by atoms with E-state index in [1.807, 2.05) is 6.92 Å². The van der Waals surface area contributed by atoms with Crippen LogP contribution in [0.3, 0.4) is 0 Å². The smallest absolute Gasteiger partial charge is 0.233 e. The maximum Gasteiger partial charge on any atom is 0.233 e. The zero-order chi connectivity index (χ0) is 14.8. The number of unbranched alkanes of at least 4 members (excludes halogenated alkanes) is 1. The molecular formula is C14H20N2O2S2. The van der Waals surface area contributed by atoms with Crippen molar-refractivity contribution in [2.45, 2.75) is 46.0 Å². The first-order valence-electron chi connectivity index (χ1n) is 7.02. The van der Waals surface area contributed by atoms with Gasteiger partial charge in [-0.25, -0.2) is 8.42 Å². The van der Waals surface area contributed by atoms with Crippen molar-refractivity contribution in [3.05, 3.63) is 16.0 Å². The highest BCUT2D eigenvalue weighted by Gasteiger charge is 2.25. The molecule has 0 radical (unpaired) electrons. The van der Waals surface area contributed by atoms with Gasteiger partial charge in [0.05, 0.1) is 11.3 Å². The summed E-state index contributed by atoms with van der Waals surface area (Å²) < 4.78 is 26.6. The van der Waals surface area contributed by atoms with Gasteiger partial charge < -0.3 is 0 Å². The second kappa shape index (κ2) is 6.15. The first-order chi connectivity index (χ1) is 9.46. The quantitative estimate of drug-likeness (QED) is 0.907. The predicted molar refractivity (Wildman–Crippen MR) is 82.5 cm³/mol. The molecule has 1 atom stereocenters. The summed E-state index contributed by atoms with van der Waals surface area (Å²) >= 11 is 1.44. The molecule has 1 aromatic rings. The minimum atomic E-state index is -3.33. The molecule has 4 nitrogen and oxygen atoms in total. The second-order valence-electron chi connectivity index (χ2n) is 5.44. The van der Waals surface area contributed by atoms with Crippen LogP contribution in [0, 0.1) is 17.2 Å². The summed E-state index contributed by atoms with van der Waals surface area (Å²) in [6.45, 7) is 4.15. The van der Waals surface area contributed by atoms with E-state index in [-0.39, 0.29) is 5.75 Å². The zero-order valence-corrected chi connectivity index (χ0v) is 13.5. The molecule has 0 bridgehead atoms. The van der Waals surface area contributed by atoms with Crippen LogP contribution in [0.5, 0.6) is 0 Å². The molecule has 0 unspecified atom stereocenters. The molecule has 1 heterocycles. The first-order valence-corrected chi connectivity index (χ1v) is 9.48. The Labute approximate surface area is 124 Å². The van der Waals surface area contributed by atoms with Crippen LogP contribution in [-0.4, -0.2) is 14.2 Å². The molecule has 1 aliphatic carbocycles. The number of nitriles is 1. The minimum absolute atomic E-state index is 0.118. The van der Waals surface area contributed by atoms with Gasteiger partial charge >= 0.3 is 0 Å². The van der Waals surface area contributed by atoms with Gasteiger partial charge in [0.1, 0.15) is 11.1 Å². The van der Waals surface area contributed by atoms with Crippen molar-refractivity contribution >= 4 is 26.4 Å². The molecule has 1 N–H and O–H groups in total. The fourth-order valence-corrected chi connectivity index (χ4v) is 5.38. The van der Waals surface area contributed by atoms with Gasteiger partial charge in [-0.1, -0.05) is 20.3 Å². The Bertz CT molecular complexity index is 626. The number of nitrogens with zero attached hydrogens (tertiary/aromatic N) is 1. The molecule has 0 saturated carbocycles. The van der Waals surface area contributed by atoms with Crippen LogP contribution >= 0.6 is 11.3 Å². The maximum atomic E-state index is 12.0. The molecule has 0 spiro atoms. The van der Waals surface area contributed by atoms with E-state index in [1.54, 1.807) is 0 Å². The lowest BCUT2D eigenvalue weighted by molar-refractivity contribution is 0.507. The van der Waals surface area contributed by atoms with Gasteiger partial charge in [-0.05, 0) is 37.2 Å². The summed E-state index contributed by atoms with van der Waals surface area (Å²) in [4.78, 5) is 1.17. The van der Waals surface area contributed by atoms with E-state index in [0.717, 1.165) is 31.2 Å². The Morgan fingerprint density at radius 1 is 1.50 bits per heavy atom. The Morgan fingerprint density at radius 2 is 2.25 bits per heavy atom. The first kappa shape index (κ1) is 15.3. The Balaban J connectivity index is 2.27. The lowest BCUT2D eigenvalue weighted by Crippen LogP contribution is -2.16. The van der Waals surface area contributed by atoms with Crippen LogP contribution in [0.2, 0.25) is 0 Å². The largest absolute Gasteiger partial charge is 0.273 e. The fourth-order valence-electron chi connectivity index (χ4n) is 2.47. The fraction of sp³-hybridized carbons (Fsp3) is 0.643. The summed E-state index contributed by atoms with van der Waals surface area (Å²) in [7, 11) is -3.33. The number of fused-ring (bicyclic) bond motifs is 1. The molecule has 2 rings (SSSR count). The standard InChI is InChI=1S/C14H20N2O2S2/c1-3-4-7-20(17,18)16-14-12(9-15)11-6-5-10(2)8-13(11)19-14/h10,16H,3-8H2,1-2H3/t10-/m0/s1. The topological polar surface area (TPSA) is 70.0 Å². The Morgan fingerprint density at radius 3 is 2.90 bits per heavy atom. The van der Waals surface area contributed by atoms with E-state index in [0.29, 0.717) is 22.9 Å². The van der Waals surface area contributed by atoms with Crippen molar-refractivity contribution in [3.63, 3.8) is 0 Å². The summed E-state index contributed by atoms with van der Waals surface area (Å²) in [5.74, 6) is 0.727. The summed E-state index contributed by atoms with van der Waals surface area (Å²) in [5, 5.41) is 9.84. The molecular weight excluding hydrogens is 292 g/mol. The van der Waals surface area contributed by atoms with Crippen LogP contribution in [0.15, 0.2) is 0 Å². The van der Waals surface area contributed by atoms with E-state index in [9.17, 15) is 13.7 Å². The van der Waals surface area contributed by atoms with E-state index >= 15 is 0 Å². The zero-order valence-electron chi connectivity index (χ0n) is 11.9. The van der Waals surface area contributed by atoms with Crippen molar-refractivity contribution in [2.24, 2.45) is 5.92 Å². The molecule has 20 heavy (non-hydrogen) atoms. The minimum Gasteiger partial charge on any atom is -0.273 e. The van der Waals surface area contributed by atoms with Crippen molar-refractivity contribution in [2.75, 3.05) is 10.5 Å². The molecule has 1 aliphatic rings. The highest BCUT2D eigenvalue weighted by atomic mass is 32.2. The van der Waals surface area contributed by atoms with Crippen LogP contribution < -0.4 is 4.72 Å². The van der Waals surface area contributed by atoms with E-state index < -0.39 is 10.0 Å². The van der Waals surface area contributed by atoms with Gasteiger partial charge in [0.2, 0.25) is 10.0 Å². The molecule has 0 fully saturated rings. The molecule has 0 saturated heterocycles. The Kier molecular flexibility index (Phi) is 4.71. The van der Waals surface area contributed by atoms with Crippen molar-refractivity contribution in [1.82, 2.24) is 0 Å². The highest BCUT2D eigenvalue weighted by Crippen LogP contribution is 2.39. The van der Waals surface area contributed by atoms with Crippen LogP contribution in [-0.2, 0) is 22.9 Å². The normalized spacial score (nSPS) is 18.4. The molecule has 110 valence electrons. The number of rotatable bonds is 5. The lowest BCUT2D eigenvalue weighted by atomic mass is 9.89. The number of hydrogen-bond donors (Lipinski definition) is 1. The van der Waals surface area contributed by atoms with E-state index in [4.69, 9.17) is 0 Å². The number of anilines is 1. The third-order valence-electron chi connectivity index (χ3n) is 3.64. The lowest BCUT2D eigenvalue weighted by Gasteiger charge is -2.17. The molecule has 6 heteroatoms. The van der Waals surface area contributed by atoms with Crippen molar-refractivity contribution < 1.29 is 8.42 Å². The van der Waals surface area contributed by atoms with Gasteiger partial charge in [-0.15, -0.1) is 11.3 Å². The number of nitrogens with one attached hydrogen (secondary N) is 1. The monoisotopic (exact) mass is 312 g/mol. The number of hydrogen-bond acceptors (Lipinski definition) is 4. The number of thiophene rings is 1. The average molecular weight is 312 g/mol. The SMILES string of the molecule is CCCCS(=O)(=O)Nc1sc2c(c1C#N)CC[C@H](C)C2. The average Bonchev–Trinajstić information content (AvgIpc) is 2.71. The van der Waals surface area contributed by atoms with Gasteiger partial charge in [-0.3, -0.25) is 4.72 Å². The van der Waals surface area contributed by atoms with E-state index in [1.165, 1.54) is 16.2 Å². The molecule has 0 aliphatic heterocycles. The van der Waals surface area contributed by atoms with Crippen molar-refractivity contribution in [3.8, 4) is 6.07 Å². The van der Waals surface area contributed by atoms with Gasteiger partial charge in [0.15, 0.2) is 0 Å². The Hall–Kier alpha value is -1.06. The summed E-state index contributed by atoms with van der Waals surface area (Å²) in [6.07, 6.45) is 4.38. The van der Waals surface area contributed by atoms with E-state index in [2.05, 4.69) is 17.7 Å². The van der Waals surface area contributed by atoms with Crippen molar-refractivity contribution in [1.29, 1.82) is 5.26 Å². The third-order valence-corrected chi connectivity index (χ3v) is 6.28. The van der Waals surface area contributed by atoms with Crippen LogP contribution in [0.4, 0.5) is 5.00 Å². The van der Waals surface area contributed by atoms with Crippen LogP contribution in [0.25, 0.3) is 0 Å². The molecule has 1 aromatic heterocycles. The maximum absolute atomic E-state index is 12.0. The summed E-state index contributed by atoms with van der Waals surface area (Å²) in [5.41, 5.74) is 1.60.